The van der Waals surface area contributed by atoms with Crippen LogP contribution in [0, 0.1) is 6.92 Å². The first-order valence-corrected chi connectivity index (χ1v) is 8.66. The Bertz CT molecular complexity index is 911. The van der Waals surface area contributed by atoms with Crippen molar-refractivity contribution in [2.45, 2.75) is 19.9 Å². The van der Waals surface area contributed by atoms with Crippen LogP contribution in [0.1, 0.15) is 22.8 Å². The molecule has 2 N–H and O–H groups in total. The molecular formula is C20H20N2O6. The molecule has 0 fully saturated rings. The lowest BCUT2D eigenvalue weighted by Gasteiger charge is -2.13. The number of carbonyl (C=O) groups is 3. The standard InChI is InChI=1S/C20H20N2O6/c1-12-4-3-5-14(8-12)19(24)21-13(2)20(25)26-10-18(23)22-15-6-7-16-17(9-15)28-11-27-16/h3-9,13H,10-11H2,1-2H3,(H,21,24)(H,22,23)/t13-/m0/s1. The maximum Gasteiger partial charge on any atom is 0.328 e. The average molecular weight is 384 g/mol. The van der Waals surface area contributed by atoms with E-state index in [1.807, 2.05) is 13.0 Å². The second-order valence-electron chi connectivity index (χ2n) is 6.29. The summed E-state index contributed by atoms with van der Waals surface area (Å²) in [6.45, 7) is 3.02. The van der Waals surface area contributed by atoms with Crippen molar-refractivity contribution in [1.82, 2.24) is 5.32 Å². The molecule has 0 aliphatic carbocycles. The van der Waals surface area contributed by atoms with Gasteiger partial charge in [-0.25, -0.2) is 4.79 Å². The van der Waals surface area contributed by atoms with Crippen LogP contribution in [0.15, 0.2) is 42.5 Å². The lowest BCUT2D eigenvalue weighted by atomic mass is 10.1. The molecular weight excluding hydrogens is 364 g/mol. The zero-order chi connectivity index (χ0) is 20.1. The van der Waals surface area contributed by atoms with E-state index in [0.29, 0.717) is 22.7 Å². The zero-order valence-corrected chi connectivity index (χ0v) is 15.5. The lowest BCUT2D eigenvalue weighted by molar-refractivity contribution is -0.148. The molecule has 0 saturated heterocycles. The molecule has 3 rings (SSSR count). The number of fused-ring (bicyclic) bond motifs is 1. The van der Waals surface area contributed by atoms with Gasteiger partial charge >= 0.3 is 5.97 Å². The molecule has 0 radical (unpaired) electrons. The van der Waals surface area contributed by atoms with Crippen LogP contribution in [0.2, 0.25) is 0 Å². The smallest absolute Gasteiger partial charge is 0.328 e. The van der Waals surface area contributed by atoms with Crippen molar-refractivity contribution in [3.05, 3.63) is 53.6 Å². The highest BCUT2D eigenvalue weighted by atomic mass is 16.7. The van der Waals surface area contributed by atoms with Gasteiger partial charge in [0.25, 0.3) is 11.8 Å². The number of carbonyl (C=O) groups excluding carboxylic acids is 3. The van der Waals surface area contributed by atoms with Gasteiger partial charge in [0.1, 0.15) is 6.04 Å². The number of benzene rings is 2. The van der Waals surface area contributed by atoms with E-state index < -0.39 is 30.4 Å². The van der Waals surface area contributed by atoms with Gasteiger partial charge in [0.15, 0.2) is 18.1 Å². The summed E-state index contributed by atoms with van der Waals surface area (Å²) in [5.41, 5.74) is 1.87. The van der Waals surface area contributed by atoms with Gasteiger partial charge in [-0.05, 0) is 38.1 Å². The largest absolute Gasteiger partial charge is 0.454 e. The summed E-state index contributed by atoms with van der Waals surface area (Å²) in [6, 6.07) is 11.0. The summed E-state index contributed by atoms with van der Waals surface area (Å²) in [6.07, 6.45) is 0. The van der Waals surface area contributed by atoms with Gasteiger partial charge in [-0.3, -0.25) is 9.59 Å². The van der Waals surface area contributed by atoms with E-state index in [4.69, 9.17) is 14.2 Å². The van der Waals surface area contributed by atoms with Gasteiger partial charge in [-0.2, -0.15) is 0 Å². The Morgan fingerprint density at radius 2 is 1.89 bits per heavy atom. The molecule has 1 aliphatic heterocycles. The molecule has 8 heteroatoms. The molecule has 0 bridgehead atoms. The number of hydrogen-bond acceptors (Lipinski definition) is 6. The normalized spacial score (nSPS) is 12.8. The average Bonchev–Trinajstić information content (AvgIpc) is 3.13. The highest BCUT2D eigenvalue weighted by Gasteiger charge is 2.20. The molecule has 2 amide bonds. The zero-order valence-electron chi connectivity index (χ0n) is 15.5. The maximum atomic E-state index is 12.2. The molecule has 28 heavy (non-hydrogen) atoms. The monoisotopic (exact) mass is 384 g/mol. The number of nitrogens with one attached hydrogen (secondary N) is 2. The van der Waals surface area contributed by atoms with Crippen LogP contribution in [-0.2, 0) is 14.3 Å². The Balaban J connectivity index is 1.46. The van der Waals surface area contributed by atoms with E-state index >= 15 is 0 Å². The van der Waals surface area contributed by atoms with Gasteiger partial charge in [0.05, 0.1) is 0 Å². The Labute approximate surface area is 161 Å². The van der Waals surface area contributed by atoms with Crippen LogP contribution in [0.3, 0.4) is 0 Å². The predicted molar refractivity (Wildman–Crippen MR) is 100 cm³/mol. The van der Waals surface area contributed by atoms with Crippen LogP contribution in [0.5, 0.6) is 11.5 Å². The van der Waals surface area contributed by atoms with Crippen LogP contribution >= 0.6 is 0 Å². The highest BCUT2D eigenvalue weighted by Crippen LogP contribution is 2.34. The van der Waals surface area contributed by atoms with Crippen molar-refractivity contribution in [3.8, 4) is 11.5 Å². The molecule has 0 saturated carbocycles. The van der Waals surface area contributed by atoms with Crippen LogP contribution in [0.4, 0.5) is 5.69 Å². The van der Waals surface area contributed by atoms with Gasteiger partial charge in [0, 0.05) is 17.3 Å². The number of hydrogen-bond donors (Lipinski definition) is 2. The fourth-order valence-corrected chi connectivity index (χ4v) is 2.56. The van der Waals surface area contributed by atoms with E-state index in [-0.39, 0.29) is 6.79 Å². The number of esters is 1. The minimum Gasteiger partial charge on any atom is -0.454 e. The second kappa shape index (κ2) is 8.43. The first-order valence-electron chi connectivity index (χ1n) is 8.66. The van der Waals surface area contributed by atoms with Gasteiger partial charge in [-0.1, -0.05) is 17.7 Å². The molecule has 1 aliphatic rings. The molecule has 0 aromatic heterocycles. The van der Waals surface area contributed by atoms with Gasteiger partial charge < -0.3 is 24.8 Å². The van der Waals surface area contributed by atoms with E-state index in [9.17, 15) is 14.4 Å². The summed E-state index contributed by atoms with van der Waals surface area (Å²) < 4.78 is 15.4. The number of aryl methyl sites for hydroxylation is 1. The van der Waals surface area contributed by atoms with Crippen LogP contribution < -0.4 is 20.1 Å². The number of rotatable bonds is 6. The summed E-state index contributed by atoms with van der Waals surface area (Å²) in [7, 11) is 0. The lowest BCUT2D eigenvalue weighted by Crippen LogP contribution is -2.40. The third-order valence-electron chi connectivity index (χ3n) is 3.98. The summed E-state index contributed by atoms with van der Waals surface area (Å²) in [5, 5.41) is 5.15. The first-order chi connectivity index (χ1) is 13.4. The number of anilines is 1. The van der Waals surface area contributed by atoms with Crippen LogP contribution in [-0.4, -0.2) is 37.2 Å². The summed E-state index contributed by atoms with van der Waals surface area (Å²) in [4.78, 5) is 36.2. The highest BCUT2D eigenvalue weighted by molar-refractivity contribution is 5.97. The van der Waals surface area contributed by atoms with Crippen molar-refractivity contribution in [2.24, 2.45) is 0 Å². The first kappa shape index (κ1) is 19.2. The minimum atomic E-state index is -0.897. The van der Waals surface area contributed by atoms with Crippen molar-refractivity contribution in [1.29, 1.82) is 0 Å². The third-order valence-corrected chi connectivity index (χ3v) is 3.98. The van der Waals surface area contributed by atoms with E-state index in [0.717, 1.165) is 5.56 Å². The fraction of sp³-hybridized carbons (Fsp3) is 0.250. The van der Waals surface area contributed by atoms with Gasteiger partial charge in [-0.15, -0.1) is 0 Å². The van der Waals surface area contributed by atoms with Gasteiger partial charge in [0.2, 0.25) is 6.79 Å². The summed E-state index contributed by atoms with van der Waals surface area (Å²) in [5.74, 6) is -0.478. The Morgan fingerprint density at radius 3 is 2.68 bits per heavy atom. The van der Waals surface area contributed by atoms with Crippen molar-refractivity contribution >= 4 is 23.5 Å². The van der Waals surface area contributed by atoms with E-state index in [1.54, 1.807) is 36.4 Å². The Kier molecular flexibility index (Phi) is 5.78. The van der Waals surface area contributed by atoms with E-state index in [1.165, 1.54) is 6.92 Å². The molecule has 1 atom stereocenters. The van der Waals surface area contributed by atoms with Crippen molar-refractivity contribution < 1.29 is 28.6 Å². The molecule has 2 aromatic carbocycles. The fourth-order valence-electron chi connectivity index (χ4n) is 2.56. The molecule has 146 valence electrons. The molecule has 2 aromatic rings. The molecule has 0 unspecified atom stereocenters. The number of amides is 2. The molecule has 1 heterocycles. The SMILES string of the molecule is Cc1cccc(C(=O)N[C@@H](C)C(=O)OCC(=O)Nc2ccc3c(c2)OCO3)c1. The second-order valence-corrected chi connectivity index (χ2v) is 6.29. The third kappa shape index (κ3) is 4.79. The topological polar surface area (TPSA) is 103 Å². The molecule has 0 spiro atoms. The van der Waals surface area contributed by atoms with Crippen LogP contribution in [0.25, 0.3) is 0 Å². The predicted octanol–water partition coefficient (Wildman–Crippen LogP) is 2.02. The summed E-state index contributed by atoms with van der Waals surface area (Å²) >= 11 is 0. The van der Waals surface area contributed by atoms with Crippen molar-refractivity contribution in [2.75, 3.05) is 18.7 Å². The Morgan fingerprint density at radius 1 is 1.11 bits per heavy atom. The quantitative estimate of drug-likeness (QED) is 0.739. The molecule has 8 nitrogen and oxygen atoms in total. The van der Waals surface area contributed by atoms with E-state index in [2.05, 4.69) is 10.6 Å². The Hall–Kier alpha value is -3.55. The maximum absolute atomic E-state index is 12.2. The number of ether oxygens (including phenoxy) is 3. The van der Waals surface area contributed by atoms with Crippen molar-refractivity contribution in [3.63, 3.8) is 0 Å². The minimum absolute atomic E-state index is 0.135.